The smallest absolute Gasteiger partial charge is 0.282 e. The van der Waals surface area contributed by atoms with Crippen molar-refractivity contribution >= 4 is 40.4 Å². The second-order valence-corrected chi connectivity index (χ2v) is 7.28. The topological polar surface area (TPSA) is 78.5 Å². The van der Waals surface area contributed by atoms with Crippen LogP contribution >= 0.6 is 0 Å². The largest absolute Gasteiger partial charge is 0.350 e. The van der Waals surface area contributed by atoms with Gasteiger partial charge in [-0.1, -0.05) is 42.5 Å². The number of hydrogen-bond donors (Lipinski definition) is 2. The molecule has 1 aliphatic rings. The second kappa shape index (κ2) is 8.28. The van der Waals surface area contributed by atoms with Crippen LogP contribution in [0.4, 0.5) is 17.1 Å². The van der Waals surface area contributed by atoms with Gasteiger partial charge in [0.15, 0.2) is 0 Å². The highest BCUT2D eigenvalue weighted by atomic mass is 16.2. The van der Waals surface area contributed by atoms with Crippen LogP contribution in [0.15, 0.2) is 84.6 Å². The van der Waals surface area contributed by atoms with E-state index in [4.69, 9.17) is 0 Å². The summed E-state index contributed by atoms with van der Waals surface area (Å²) in [6.45, 7) is 3.34. The Labute approximate surface area is 180 Å². The van der Waals surface area contributed by atoms with E-state index in [-0.39, 0.29) is 17.2 Å². The third kappa shape index (κ3) is 4.09. The first-order chi connectivity index (χ1) is 14.9. The SMILES string of the molecule is CC(=O)Nc1ccc(C2=C(Nc3ccccc3)C(=O)N(c3cccc(C)c3)C2=O)cc1. The first-order valence-corrected chi connectivity index (χ1v) is 9.84. The standard InChI is InChI=1S/C25H21N3O3/c1-16-7-6-10-21(15-16)28-24(30)22(18-11-13-20(14-12-18)26-17(2)29)23(25(28)31)27-19-8-4-3-5-9-19/h3-15,27H,1-2H3,(H,26,29). The summed E-state index contributed by atoms with van der Waals surface area (Å²) in [6, 6.07) is 23.4. The van der Waals surface area contributed by atoms with Crippen molar-refractivity contribution in [1.82, 2.24) is 0 Å². The Hall–Kier alpha value is -4.19. The Bertz CT molecular complexity index is 1200. The van der Waals surface area contributed by atoms with E-state index < -0.39 is 11.8 Å². The lowest BCUT2D eigenvalue weighted by molar-refractivity contribution is -0.120. The zero-order chi connectivity index (χ0) is 22.0. The first kappa shape index (κ1) is 20.1. The zero-order valence-corrected chi connectivity index (χ0v) is 17.2. The van der Waals surface area contributed by atoms with Gasteiger partial charge in [-0.05, 0) is 54.4 Å². The molecule has 0 saturated heterocycles. The van der Waals surface area contributed by atoms with Crippen LogP contribution < -0.4 is 15.5 Å². The van der Waals surface area contributed by atoms with Crippen LogP contribution in [0.1, 0.15) is 18.1 Å². The number of nitrogens with zero attached hydrogens (tertiary/aromatic N) is 1. The first-order valence-electron chi connectivity index (χ1n) is 9.84. The summed E-state index contributed by atoms with van der Waals surface area (Å²) in [6.07, 6.45) is 0. The summed E-state index contributed by atoms with van der Waals surface area (Å²) in [4.78, 5) is 39.3. The Balaban J connectivity index is 1.78. The molecule has 2 N–H and O–H groups in total. The van der Waals surface area contributed by atoms with Gasteiger partial charge in [0.1, 0.15) is 5.70 Å². The van der Waals surface area contributed by atoms with Gasteiger partial charge in [0, 0.05) is 18.3 Å². The van der Waals surface area contributed by atoms with Crippen LogP contribution in [0.2, 0.25) is 0 Å². The summed E-state index contributed by atoms with van der Waals surface area (Å²) < 4.78 is 0. The number of amides is 3. The summed E-state index contributed by atoms with van der Waals surface area (Å²) >= 11 is 0. The number of carbonyl (C=O) groups is 3. The summed E-state index contributed by atoms with van der Waals surface area (Å²) in [5.74, 6) is -1.00. The molecule has 0 atom stereocenters. The molecule has 154 valence electrons. The van der Waals surface area contributed by atoms with E-state index in [1.807, 2.05) is 49.4 Å². The van der Waals surface area contributed by atoms with E-state index in [0.717, 1.165) is 5.56 Å². The number of aryl methyl sites for hydroxylation is 1. The number of anilines is 3. The number of para-hydroxylation sites is 1. The van der Waals surface area contributed by atoms with E-state index in [2.05, 4.69) is 10.6 Å². The molecular weight excluding hydrogens is 390 g/mol. The van der Waals surface area contributed by atoms with Gasteiger partial charge in [-0.3, -0.25) is 14.4 Å². The lowest BCUT2D eigenvalue weighted by Gasteiger charge is -2.16. The molecule has 0 fully saturated rings. The Morgan fingerprint density at radius 2 is 1.52 bits per heavy atom. The van der Waals surface area contributed by atoms with Crippen molar-refractivity contribution in [3.8, 4) is 0 Å². The van der Waals surface area contributed by atoms with Gasteiger partial charge in [0.25, 0.3) is 11.8 Å². The van der Waals surface area contributed by atoms with Crippen molar-refractivity contribution in [2.45, 2.75) is 13.8 Å². The third-order valence-electron chi connectivity index (χ3n) is 4.88. The number of nitrogens with one attached hydrogen (secondary N) is 2. The Morgan fingerprint density at radius 3 is 2.16 bits per heavy atom. The van der Waals surface area contributed by atoms with Crippen LogP contribution in [0.3, 0.4) is 0 Å². The molecule has 0 saturated carbocycles. The highest BCUT2D eigenvalue weighted by molar-refractivity contribution is 6.46. The van der Waals surface area contributed by atoms with Gasteiger partial charge in [0.05, 0.1) is 11.3 Å². The van der Waals surface area contributed by atoms with Crippen LogP contribution in [-0.2, 0) is 14.4 Å². The molecule has 4 rings (SSSR count). The quantitative estimate of drug-likeness (QED) is 0.612. The molecule has 0 spiro atoms. The van der Waals surface area contributed by atoms with E-state index in [0.29, 0.717) is 22.6 Å². The van der Waals surface area contributed by atoms with Crippen molar-refractivity contribution < 1.29 is 14.4 Å². The molecule has 0 aliphatic carbocycles. The molecule has 1 aliphatic heterocycles. The van der Waals surface area contributed by atoms with Crippen molar-refractivity contribution in [2.75, 3.05) is 15.5 Å². The molecule has 0 bridgehead atoms. The van der Waals surface area contributed by atoms with Gasteiger partial charge in [-0.15, -0.1) is 0 Å². The predicted molar refractivity (Wildman–Crippen MR) is 121 cm³/mol. The van der Waals surface area contributed by atoms with E-state index in [9.17, 15) is 14.4 Å². The van der Waals surface area contributed by atoms with Gasteiger partial charge in [-0.2, -0.15) is 0 Å². The van der Waals surface area contributed by atoms with E-state index in [1.54, 1.807) is 36.4 Å². The summed E-state index contributed by atoms with van der Waals surface area (Å²) in [7, 11) is 0. The van der Waals surface area contributed by atoms with Gasteiger partial charge >= 0.3 is 0 Å². The van der Waals surface area contributed by atoms with Crippen molar-refractivity contribution in [1.29, 1.82) is 0 Å². The van der Waals surface area contributed by atoms with Crippen molar-refractivity contribution in [3.63, 3.8) is 0 Å². The molecular formula is C25H21N3O3. The fourth-order valence-corrected chi connectivity index (χ4v) is 3.50. The Morgan fingerprint density at radius 1 is 0.806 bits per heavy atom. The normalized spacial score (nSPS) is 13.5. The molecule has 0 aromatic heterocycles. The molecule has 1 heterocycles. The summed E-state index contributed by atoms with van der Waals surface area (Å²) in [5, 5.41) is 5.83. The molecule has 3 aromatic carbocycles. The number of carbonyl (C=O) groups excluding carboxylic acids is 3. The lowest BCUT2D eigenvalue weighted by atomic mass is 10.0. The van der Waals surface area contributed by atoms with Crippen LogP contribution in [-0.4, -0.2) is 17.7 Å². The summed E-state index contributed by atoms with van der Waals surface area (Å²) in [5.41, 5.74) is 3.87. The average molecular weight is 411 g/mol. The molecule has 6 heteroatoms. The fraction of sp³-hybridized carbons (Fsp3) is 0.0800. The van der Waals surface area contributed by atoms with Gasteiger partial charge in [-0.25, -0.2) is 4.90 Å². The van der Waals surface area contributed by atoms with E-state index >= 15 is 0 Å². The van der Waals surface area contributed by atoms with Gasteiger partial charge < -0.3 is 10.6 Å². The Kier molecular flexibility index (Phi) is 5.37. The molecule has 6 nitrogen and oxygen atoms in total. The number of imide groups is 1. The minimum atomic E-state index is -0.416. The van der Waals surface area contributed by atoms with Crippen molar-refractivity contribution in [3.05, 3.63) is 95.7 Å². The third-order valence-corrected chi connectivity index (χ3v) is 4.88. The fourth-order valence-electron chi connectivity index (χ4n) is 3.50. The molecule has 31 heavy (non-hydrogen) atoms. The van der Waals surface area contributed by atoms with Crippen molar-refractivity contribution in [2.24, 2.45) is 0 Å². The maximum atomic E-state index is 13.4. The highest BCUT2D eigenvalue weighted by Crippen LogP contribution is 2.34. The predicted octanol–water partition coefficient (Wildman–Crippen LogP) is 4.35. The minimum absolute atomic E-state index is 0.184. The molecule has 3 amide bonds. The molecule has 0 unspecified atom stereocenters. The monoisotopic (exact) mass is 411 g/mol. The average Bonchev–Trinajstić information content (AvgIpc) is 2.98. The van der Waals surface area contributed by atoms with Gasteiger partial charge in [0.2, 0.25) is 5.91 Å². The van der Waals surface area contributed by atoms with E-state index in [1.165, 1.54) is 11.8 Å². The highest BCUT2D eigenvalue weighted by Gasteiger charge is 2.40. The van der Waals surface area contributed by atoms with Crippen LogP contribution in [0.25, 0.3) is 5.57 Å². The molecule has 0 radical (unpaired) electrons. The minimum Gasteiger partial charge on any atom is -0.350 e. The lowest BCUT2D eigenvalue weighted by Crippen LogP contribution is -2.32. The maximum Gasteiger partial charge on any atom is 0.282 e. The number of hydrogen-bond acceptors (Lipinski definition) is 4. The number of benzene rings is 3. The zero-order valence-electron chi connectivity index (χ0n) is 17.2. The number of rotatable bonds is 5. The maximum absolute atomic E-state index is 13.4. The van der Waals surface area contributed by atoms with Crippen LogP contribution in [0, 0.1) is 6.92 Å². The van der Waals surface area contributed by atoms with Crippen LogP contribution in [0.5, 0.6) is 0 Å². The second-order valence-electron chi connectivity index (χ2n) is 7.28. The molecule has 3 aromatic rings.